The number of carbonyl (C=O) groups is 2. The van der Waals surface area contributed by atoms with Gasteiger partial charge in [0.25, 0.3) is 0 Å². The van der Waals surface area contributed by atoms with Gasteiger partial charge in [0.15, 0.2) is 30.5 Å². The third kappa shape index (κ3) is 4.47. The van der Waals surface area contributed by atoms with E-state index in [4.69, 9.17) is 18.9 Å². The van der Waals surface area contributed by atoms with E-state index in [9.17, 15) is 14.0 Å². The lowest BCUT2D eigenvalue weighted by atomic mass is 10.1. The Balaban J connectivity index is 1.48. The average Bonchev–Trinajstić information content (AvgIpc) is 2.65. The number of rotatable bonds is 6. The van der Waals surface area contributed by atoms with Crippen molar-refractivity contribution in [2.75, 3.05) is 26.4 Å². The molecule has 2 aromatic rings. The van der Waals surface area contributed by atoms with E-state index in [-0.39, 0.29) is 12.4 Å². The summed E-state index contributed by atoms with van der Waals surface area (Å²) in [5.74, 6) is -0.0747. The third-order valence-corrected chi connectivity index (χ3v) is 3.40. The zero-order valence-electron chi connectivity index (χ0n) is 13.2. The lowest BCUT2D eigenvalue weighted by molar-refractivity contribution is -0.144. The molecule has 0 N–H and O–H groups in total. The Kier molecular flexibility index (Phi) is 5.13. The first kappa shape index (κ1) is 16.8. The summed E-state index contributed by atoms with van der Waals surface area (Å²) < 4.78 is 33.6. The molecule has 1 aliphatic rings. The highest BCUT2D eigenvalue weighted by Crippen LogP contribution is 2.30. The fourth-order valence-corrected chi connectivity index (χ4v) is 2.16. The van der Waals surface area contributed by atoms with Crippen LogP contribution in [0.15, 0.2) is 42.5 Å². The van der Waals surface area contributed by atoms with E-state index < -0.39 is 18.4 Å². The quantitative estimate of drug-likeness (QED) is 0.591. The number of fused-ring (bicyclic) bond motifs is 1. The Hall–Kier alpha value is -3.09. The van der Waals surface area contributed by atoms with Crippen molar-refractivity contribution < 1.29 is 32.9 Å². The summed E-state index contributed by atoms with van der Waals surface area (Å²) in [4.78, 5) is 23.7. The van der Waals surface area contributed by atoms with Crippen LogP contribution in [0, 0.1) is 5.82 Å². The largest absolute Gasteiger partial charge is 0.486 e. The van der Waals surface area contributed by atoms with E-state index in [1.54, 1.807) is 18.2 Å². The highest BCUT2D eigenvalue weighted by atomic mass is 19.1. The molecule has 0 saturated heterocycles. The molecule has 6 nitrogen and oxygen atoms in total. The van der Waals surface area contributed by atoms with Gasteiger partial charge in [0, 0.05) is 5.56 Å². The van der Waals surface area contributed by atoms with E-state index >= 15 is 0 Å². The minimum Gasteiger partial charge on any atom is -0.486 e. The summed E-state index contributed by atoms with van der Waals surface area (Å²) in [5, 5.41) is 0. The summed E-state index contributed by atoms with van der Waals surface area (Å²) in [7, 11) is 0. The first-order valence-corrected chi connectivity index (χ1v) is 7.58. The van der Waals surface area contributed by atoms with Crippen LogP contribution in [0.1, 0.15) is 10.4 Å². The van der Waals surface area contributed by atoms with E-state index in [0.29, 0.717) is 36.0 Å². The molecule has 0 spiro atoms. The number of ketones is 1. The standard InChI is InChI=1S/C18H15FO6/c19-13-2-4-14(5-3-13)24-11-18(21)25-10-15(20)12-1-6-16-17(9-12)23-8-7-22-16/h1-6,9H,7-8,10-11H2. The van der Waals surface area contributed by atoms with Crippen LogP contribution in [-0.2, 0) is 9.53 Å². The van der Waals surface area contributed by atoms with Crippen molar-refractivity contribution in [2.45, 2.75) is 0 Å². The van der Waals surface area contributed by atoms with Crippen molar-refractivity contribution >= 4 is 11.8 Å². The molecule has 1 heterocycles. The van der Waals surface area contributed by atoms with Crippen molar-refractivity contribution in [3.05, 3.63) is 53.8 Å². The van der Waals surface area contributed by atoms with Gasteiger partial charge in [0.1, 0.15) is 24.8 Å². The Bertz CT molecular complexity index is 772. The average molecular weight is 346 g/mol. The lowest BCUT2D eigenvalue weighted by Crippen LogP contribution is -2.20. The lowest BCUT2D eigenvalue weighted by Gasteiger charge is -2.18. The molecule has 0 saturated carbocycles. The van der Waals surface area contributed by atoms with Crippen molar-refractivity contribution in [1.82, 2.24) is 0 Å². The topological polar surface area (TPSA) is 71.1 Å². The maximum atomic E-state index is 12.8. The molecule has 0 amide bonds. The van der Waals surface area contributed by atoms with E-state index in [2.05, 4.69) is 0 Å². The molecule has 25 heavy (non-hydrogen) atoms. The molecule has 7 heteroatoms. The second-order valence-corrected chi connectivity index (χ2v) is 5.18. The maximum absolute atomic E-state index is 12.8. The van der Waals surface area contributed by atoms with Crippen LogP contribution in [0.5, 0.6) is 17.2 Å². The summed E-state index contributed by atoms with van der Waals surface area (Å²) in [6.07, 6.45) is 0. The molecule has 130 valence electrons. The van der Waals surface area contributed by atoms with Crippen LogP contribution < -0.4 is 14.2 Å². The SMILES string of the molecule is O=C(COc1ccc(F)cc1)OCC(=O)c1ccc2c(c1)OCCO2. The molecule has 1 aliphatic heterocycles. The molecule has 0 unspecified atom stereocenters. The van der Waals surface area contributed by atoms with E-state index in [0.717, 1.165) is 0 Å². The highest BCUT2D eigenvalue weighted by Gasteiger charge is 2.16. The number of Topliss-reactive ketones (excluding diaryl/α,β-unsaturated/α-hetero) is 1. The van der Waals surface area contributed by atoms with E-state index in [1.807, 2.05) is 0 Å². The monoisotopic (exact) mass is 346 g/mol. The molecular formula is C18H15FO6. The molecule has 3 rings (SSSR count). The smallest absolute Gasteiger partial charge is 0.344 e. The summed E-state index contributed by atoms with van der Waals surface area (Å²) in [6.45, 7) is 0.0949. The van der Waals surface area contributed by atoms with Gasteiger partial charge in [0.2, 0.25) is 0 Å². The van der Waals surface area contributed by atoms with Gasteiger partial charge in [-0.25, -0.2) is 9.18 Å². The van der Waals surface area contributed by atoms with Gasteiger partial charge in [0.05, 0.1) is 0 Å². The zero-order chi connectivity index (χ0) is 17.6. The highest BCUT2D eigenvalue weighted by molar-refractivity contribution is 5.98. The molecule has 0 aromatic heterocycles. The van der Waals surface area contributed by atoms with Gasteiger partial charge in [-0.1, -0.05) is 0 Å². The number of halogens is 1. The van der Waals surface area contributed by atoms with Crippen LogP contribution in [0.25, 0.3) is 0 Å². The molecule has 0 atom stereocenters. The Morgan fingerprint density at radius 1 is 0.960 bits per heavy atom. The van der Waals surface area contributed by atoms with Crippen LogP contribution >= 0.6 is 0 Å². The van der Waals surface area contributed by atoms with Crippen LogP contribution in [0.3, 0.4) is 0 Å². The minimum atomic E-state index is -0.699. The van der Waals surface area contributed by atoms with Gasteiger partial charge in [-0.05, 0) is 42.5 Å². The van der Waals surface area contributed by atoms with Crippen LogP contribution in [-0.4, -0.2) is 38.2 Å². The Labute approximate surface area is 143 Å². The molecule has 2 aromatic carbocycles. The maximum Gasteiger partial charge on any atom is 0.344 e. The van der Waals surface area contributed by atoms with E-state index in [1.165, 1.54) is 24.3 Å². The normalized spacial score (nSPS) is 12.4. The number of hydrogen-bond acceptors (Lipinski definition) is 6. The molecule has 0 fully saturated rings. The van der Waals surface area contributed by atoms with Crippen LogP contribution in [0.2, 0.25) is 0 Å². The van der Waals surface area contributed by atoms with Crippen molar-refractivity contribution in [1.29, 1.82) is 0 Å². The Morgan fingerprint density at radius 2 is 1.68 bits per heavy atom. The molecule has 0 radical (unpaired) electrons. The molecule has 0 bridgehead atoms. The summed E-state index contributed by atoms with van der Waals surface area (Å²) in [5.41, 5.74) is 0.358. The number of ether oxygens (including phenoxy) is 4. The number of esters is 1. The summed E-state index contributed by atoms with van der Waals surface area (Å²) >= 11 is 0. The second-order valence-electron chi connectivity index (χ2n) is 5.18. The zero-order valence-corrected chi connectivity index (χ0v) is 13.2. The van der Waals surface area contributed by atoms with Gasteiger partial charge >= 0.3 is 5.97 Å². The number of carbonyl (C=O) groups excluding carboxylic acids is 2. The van der Waals surface area contributed by atoms with Crippen LogP contribution in [0.4, 0.5) is 4.39 Å². The first-order chi connectivity index (χ1) is 12.1. The molecule has 0 aliphatic carbocycles. The summed E-state index contributed by atoms with van der Waals surface area (Å²) in [6, 6.07) is 9.99. The fourth-order valence-electron chi connectivity index (χ4n) is 2.16. The predicted octanol–water partition coefficient (Wildman–Crippen LogP) is 2.40. The van der Waals surface area contributed by atoms with Gasteiger partial charge in [-0.3, -0.25) is 4.79 Å². The fraction of sp³-hybridized carbons (Fsp3) is 0.222. The number of hydrogen-bond donors (Lipinski definition) is 0. The minimum absolute atomic E-state index is 0.330. The van der Waals surface area contributed by atoms with Gasteiger partial charge in [-0.2, -0.15) is 0 Å². The van der Waals surface area contributed by atoms with Crippen molar-refractivity contribution in [2.24, 2.45) is 0 Å². The predicted molar refractivity (Wildman–Crippen MR) is 84.6 cm³/mol. The van der Waals surface area contributed by atoms with Crippen molar-refractivity contribution in [3.8, 4) is 17.2 Å². The van der Waals surface area contributed by atoms with Crippen molar-refractivity contribution in [3.63, 3.8) is 0 Å². The molecular weight excluding hydrogens is 331 g/mol. The Morgan fingerprint density at radius 3 is 2.44 bits per heavy atom. The number of benzene rings is 2. The first-order valence-electron chi connectivity index (χ1n) is 7.58. The third-order valence-electron chi connectivity index (χ3n) is 3.40. The second kappa shape index (κ2) is 7.65. The van der Waals surface area contributed by atoms with Gasteiger partial charge < -0.3 is 18.9 Å². The van der Waals surface area contributed by atoms with Gasteiger partial charge in [-0.15, -0.1) is 0 Å².